The number of nitrogens with one attached hydrogen (secondary N) is 1. The van der Waals surface area contributed by atoms with E-state index in [9.17, 15) is 0 Å². The Hall–Kier alpha value is -1.55. The highest BCUT2D eigenvalue weighted by Crippen LogP contribution is 2.24. The Bertz CT molecular complexity index is 456. The summed E-state index contributed by atoms with van der Waals surface area (Å²) in [6.07, 6.45) is 2.60. The first-order valence-electron chi connectivity index (χ1n) is 5.02. The Kier molecular flexibility index (Phi) is 2.60. The van der Waals surface area contributed by atoms with Crippen LogP contribution in [0.15, 0.2) is 16.7 Å². The fourth-order valence-corrected chi connectivity index (χ4v) is 1.66. The molecular formula is C11H15N3O. The van der Waals surface area contributed by atoms with Crippen LogP contribution in [0.1, 0.15) is 17.3 Å². The van der Waals surface area contributed by atoms with Crippen molar-refractivity contribution in [3.63, 3.8) is 0 Å². The fourth-order valence-electron chi connectivity index (χ4n) is 1.66. The molecule has 0 unspecified atom stereocenters. The summed E-state index contributed by atoms with van der Waals surface area (Å²) in [5, 5.41) is 0. The lowest BCUT2D eigenvalue weighted by molar-refractivity contribution is 0.505. The molecule has 15 heavy (non-hydrogen) atoms. The molecule has 0 aliphatic rings. The molecule has 0 aliphatic heterocycles. The van der Waals surface area contributed by atoms with Gasteiger partial charge in [-0.15, -0.1) is 0 Å². The number of H-pyrrole nitrogens is 1. The number of aryl methyl sites for hydroxylation is 2. The van der Waals surface area contributed by atoms with E-state index in [1.165, 1.54) is 0 Å². The molecule has 0 aliphatic carbocycles. The number of rotatable bonds is 3. The van der Waals surface area contributed by atoms with Crippen molar-refractivity contribution in [2.24, 2.45) is 5.73 Å². The Balaban J connectivity index is 2.32. The van der Waals surface area contributed by atoms with Crippen molar-refractivity contribution >= 4 is 0 Å². The van der Waals surface area contributed by atoms with Crippen LogP contribution in [-0.2, 0) is 6.42 Å². The van der Waals surface area contributed by atoms with E-state index in [-0.39, 0.29) is 0 Å². The molecule has 3 N–H and O–H groups in total. The van der Waals surface area contributed by atoms with Gasteiger partial charge in [0, 0.05) is 12.0 Å². The number of hydrogen-bond acceptors (Lipinski definition) is 3. The van der Waals surface area contributed by atoms with Gasteiger partial charge in [-0.05, 0) is 26.5 Å². The number of nitrogens with zero attached hydrogens (tertiary/aromatic N) is 1. The van der Waals surface area contributed by atoms with Gasteiger partial charge in [0.1, 0.15) is 17.3 Å². The third-order valence-electron chi connectivity index (χ3n) is 2.34. The number of imidazole rings is 1. The summed E-state index contributed by atoms with van der Waals surface area (Å²) in [7, 11) is 0. The molecule has 2 heterocycles. The summed E-state index contributed by atoms with van der Waals surface area (Å²) in [4.78, 5) is 7.49. The third kappa shape index (κ3) is 1.94. The molecular weight excluding hydrogens is 190 g/mol. The molecule has 0 atom stereocenters. The van der Waals surface area contributed by atoms with Gasteiger partial charge in [0.05, 0.1) is 11.9 Å². The van der Waals surface area contributed by atoms with E-state index in [1.807, 2.05) is 26.1 Å². The summed E-state index contributed by atoms with van der Waals surface area (Å²) >= 11 is 0. The molecule has 2 rings (SSSR count). The molecule has 2 aromatic rings. The predicted octanol–water partition coefficient (Wildman–Crippen LogP) is 1.79. The van der Waals surface area contributed by atoms with E-state index in [4.69, 9.17) is 10.2 Å². The minimum atomic E-state index is 0.607. The Labute approximate surface area is 88.5 Å². The van der Waals surface area contributed by atoms with Gasteiger partial charge in [-0.2, -0.15) is 0 Å². The van der Waals surface area contributed by atoms with Crippen molar-refractivity contribution < 1.29 is 4.42 Å². The maximum Gasteiger partial charge on any atom is 0.110 e. The SMILES string of the molecule is Cc1cc(-c2cnc(CCN)[nH]2)c(C)o1. The van der Waals surface area contributed by atoms with Crippen LogP contribution >= 0.6 is 0 Å². The number of hydrogen-bond donors (Lipinski definition) is 2. The summed E-state index contributed by atoms with van der Waals surface area (Å²) in [5.74, 6) is 2.75. The topological polar surface area (TPSA) is 67.8 Å². The maximum absolute atomic E-state index is 5.47. The van der Waals surface area contributed by atoms with Crippen molar-refractivity contribution in [1.29, 1.82) is 0 Å². The molecule has 0 amide bonds. The number of aromatic nitrogens is 2. The van der Waals surface area contributed by atoms with E-state index >= 15 is 0 Å². The Morgan fingerprint density at radius 3 is 2.87 bits per heavy atom. The molecule has 4 nitrogen and oxygen atoms in total. The van der Waals surface area contributed by atoms with Crippen LogP contribution in [0.4, 0.5) is 0 Å². The number of furan rings is 1. The van der Waals surface area contributed by atoms with Gasteiger partial charge < -0.3 is 15.1 Å². The van der Waals surface area contributed by atoms with E-state index in [0.29, 0.717) is 6.54 Å². The molecule has 0 spiro atoms. The first-order chi connectivity index (χ1) is 7.20. The second-order valence-corrected chi connectivity index (χ2v) is 3.61. The van der Waals surface area contributed by atoms with E-state index in [1.54, 1.807) is 0 Å². The van der Waals surface area contributed by atoms with E-state index < -0.39 is 0 Å². The van der Waals surface area contributed by atoms with Crippen LogP contribution in [0.5, 0.6) is 0 Å². The van der Waals surface area contributed by atoms with Gasteiger partial charge >= 0.3 is 0 Å². The molecule has 4 heteroatoms. The lowest BCUT2D eigenvalue weighted by Gasteiger charge is -1.93. The van der Waals surface area contributed by atoms with E-state index in [0.717, 1.165) is 35.0 Å². The predicted molar refractivity (Wildman–Crippen MR) is 58.5 cm³/mol. The highest BCUT2D eigenvalue weighted by Gasteiger charge is 2.09. The fraction of sp³-hybridized carbons (Fsp3) is 0.364. The van der Waals surface area contributed by atoms with Crippen LogP contribution in [0.2, 0.25) is 0 Å². The third-order valence-corrected chi connectivity index (χ3v) is 2.34. The summed E-state index contributed by atoms with van der Waals surface area (Å²) in [6.45, 7) is 4.50. The highest BCUT2D eigenvalue weighted by atomic mass is 16.3. The molecule has 0 aromatic carbocycles. The lowest BCUT2D eigenvalue weighted by atomic mass is 10.2. The molecule has 0 radical (unpaired) electrons. The van der Waals surface area contributed by atoms with Crippen LogP contribution in [0, 0.1) is 13.8 Å². The minimum Gasteiger partial charge on any atom is -0.466 e. The first kappa shape index (κ1) is 9.98. The molecule has 0 bridgehead atoms. The summed E-state index contributed by atoms with van der Waals surface area (Å²) in [5.41, 5.74) is 7.53. The van der Waals surface area contributed by atoms with Gasteiger partial charge in [0.25, 0.3) is 0 Å². The average Bonchev–Trinajstić information content (AvgIpc) is 2.73. The zero-order valence-corrected chi connectivity index (χ0v) is 9.00. The smallest absolute Gasteiger partial charge is 0.110 e. The monoisotopic (exact) mass is 205 g/mol. The summed E-state index contributed by atoms with van der Waals surface area (Å²) in [6, 6.07) is 2.01. The van der Waals surface area contributed by atoms with Gasteiger partial charge in [-0.25, -0.2) is 4.98 Å². The molecule has 80 valence electrons. The van der Waals surface area contributed by atoms with Gasteiger partial charge in [0.15, 0.2) is 0 Å². The average molecular weight is 205 g/mol. The Morgan fingerprint density at radius 1 is 1.47 bits per heavy atom. The second-order valence-electron chi connectivity index (χ2n) is 3.61. The van der Waals surface area contributed by atoms with Crippen molar-refractivity contribution in [1.82, 2.24) is 9.97 Å². The quantitative estimate of drug-likeness (QED) is 0.802. The highest BCUT2D eigenvalue weighted by molar-refractivity contribution is 5.61. The molecule has 2 aromatic heterocycles. The van der Waals surface area contributed by atoms with Gasteiger partial charge in [0.2, 0.25) is 0 Å². The zero-order chi connectivity index (χ0) is 10.8. The lowest BCUT2D eigenvalue weighted by Crippen LogP contribution is -2.03. The van der Waals surface area contributed by atoms with Crippen LogP contribution < -0.4 is 5.73 Å². The van der Waals surface area contributed by atoms with Crippen molar-refractivity contribution in [2.45, 2.75) is 20.3 Å². The van der Waals surface area contributed by atoms with Crippen LogP contribution in [-0.4, -0.2) is 16.5 Å². The zero-order valence-electron chi connectivity index (χ0n) is 9.00. The van der Waals surface area contributed by atoms with Crippen molar-refractivity contribution in [3.8, 4) is 11.3 Å². The second kappa shape index (κ2) is 3.90. The summed E-state index contributed by atoms with van der Waals surface area (Å²) < 4.78 is 5.47. The first-order valence-corrected chi connectivity index (χ1v) is 5.02. The van der Waals surface area contributed by atoms with Gasteiger partial charge in [-0.3, -0.25) is 0 Å². The van der Waals surface area contributed by atoms with Gasteiger partial charge in [-0.1, -0.05) is 0 Å². The Morgan fingerprint density at radius 2 is 2.27 bits per heavy atom. The molecule has 0 fully saturated rings. The number of nitrogens with two attached hydrogens (primary N) is 1. The van der Waals surface area contributed by atoms with Crippen LogP contribution in [0.3, 0.4) is 0 Å². The normalized spacial score (nSPS) is 10.9. The maximum atomic E-state index is 5.47. The minimum absolute atomic E-state index is 0.607. The number of aromatic amines is 1. The van der Waals surface area contributed by atoms with Crippen molar-refractivity contribution in [3.05, 3.63) is 29.6 Å². The van der Waals surface area contributed by atoms with Crippen LogP contribution in [0.25, 0.3) is 11.3 Å². The molecule has 0 saturated carbocycles. The largest absolute Gasteiger partial charge is 0.466 e. The van der Waals surface area contributed by atoms with Crippen molar-refractivity contribution in [2.75, 3.05) is 6.54 Å². The molecule has 0 saturated heterocycles. The standard InChI is InChI=1S/C11H15N3O/c1-7-5-9(8(2)15-7)10-6-13-11(14-10)3-4-12/h5-6H,3-4,12H2,1-2H3,(H,13,14). The van der Waals surface area contributed by atoms with E-state index in [2.05, 4.69) is 9.97 Å².